The van der Waals surface area contributed by atoms with E-state index < -0.39 is 5.92 Å². The van der Waals surface area contributed by atoms with Crippen LogP contribution in [0.25, 0.3) is 0 Å². The van der Waals surface area contributed by atoms with Crippen LogP contribution in [0, 0.1) is 5.92 Å². The summed E-state index contributed by atoms with van der Waals surface area (Å²) in [6, 6.07) is 5.70. The van der Waals surface area contributed by atoms with Gasteiger partial charge < -0.3 is 24.6 Å². The normalized spacial score (nSPS) is 15.7. The monoisotopic (exact) mass is 433 g/mol. The number of nitrogens with zero attached hydrogens (tertiary/aromatic N) is 2. The van der Waals surface area contributed by atoms with Gasteiger partial charge in [0.25, 0.3) is 0 Å². The van der Waals surface area contributed by atoms with Crippen LogP contribution >= 0.6 is 0 Å². The van der Waals surface area contributed by atoms with Crippen molar-refractivity contribution in [2.24, 2.45) is 5.92 Å². The molecule has 1 N–H and O–H groups in total. The van der Waals surface area contributed by atoms with Crippen molar-refractivity contribution in [1.29, 1.82) is 0 Å². The SMILES string of the molecule is CCCNC(=O)CN(CCC)C(=O)C1CC(=O)N(CCc2ccc(OC)c(OC)c2)C1. The highest BCUT2D eigenvalue weighted by molar-refractivity contribution is 5.91. The maximum atomic E-state index is 13.0. The number of hydrogen-bond acceptors (Lipinski definition) is 5. The Morgan fingerprint density at radius 2 is 1.90 bits per heavy atom. The molecule has 1 unspecified atom stereocenters. The third-order valence-electron chi connectivity index (χ3n) is 5.39. The lowest BCUT2D eigenvalue weighted by Gasteiger charge is -2.25. The van der Waals surface area contributed by atoms with Crippen LogP contribution in [0.5, 0.6) is 11.5 Å². The van der Waals surface area contributed by atoms with Crippen LogP contribution in [0.2, 0.25) is 0 Å². The summed E-state index contributed by atoms with van der Waals surface area (Å²) in [6.07, 6.45) is 2.46. The lowest BCUT2D eigenvalue weighted by molar-refractivity contribution is -0.139. The van der Waals surface area contributed by atoms with Gasteiger partial charge >= 0.3 is 0 Å². The fraction of sp³-hybridized carbons (Fsp3) is 0.609. The van der Waals surface area contributed by atoms with Crippen LogP contribution in [0.4, 0.5) is 0 Å². The molecule has 1 fully saturated rings. The molecule has 0 saturated carbocycles. The molecule has 8 heteroatoms. The van der Waals surface area contributed by atoms with Gasteiger partial charge in [0.15, 0.2) is 11.5 Å². The summed E-state index contributed by atoms with van der Waals surface area (Å²) < 4.78 is 10.6. The quantitative estimate of drug-likeness (QED) is 0.544. The van der Waals surface area contributed by atoms with Gasteiger partial charge in [-0.2, -0.15) is 0 Å². The van der Waals surface area contributed by atoms with Crippen molar-refractivity contribution in [1.82, 2.24) is 15.1 Å². The second-order valence-corrected chi connectivity index (χ2v) is 7.79. The Labute approximate surface area is 184 Å². The number of amides is 3. The predicted molar refractivity (Wildman–Crippen MR) is 118 cm³/mol. The molecule has 0 aromatic heterocycles. The van der Waals surface area contributed by atoms with Crippen LogP contribution in [-0.4, -0.2) is 74.5 Å². The highest BCUT2D eigenvalue weighted by Crippen LogP contribution is 2.28. The summed E-state index contributed by atoms with van der Waals surface area (Å²) in [7, 11) is 3.18. The second-order valence-electron chi connectivity index (χ2n) is 7.79. The standard InChI is InChI=1S/C23H35N3O5/c1-5-10-24-21(27)16-26(11-6-2)23(29)18-14-22(28)25(15-18)12-9-17-7-8-19(30-3)20(13-17)31-4/h7-8,13,18H,5-6,9-12,14-16H2,1-4H3,(H,24,27). The third kappa shape index (κ3) is 6.87. The van der Waals surface area contributed by atoms with Gasteiger partial charge in [0.1, 0.15) is 0 Å². The summed E-state index contributed by atoms with van der Waals surface area (Å²) in [5, 5.41) is 2.81. The van der Waals surface area contributed by atoms with E-state index in [-0.39, 0.29) is 30.7 Å². The van der Waals surface area contributed by atoms with E-state index in [2.05, 4.69) is 5.32 Å². The van der Waals surface area contributed by atoms with Gasteiger partial charge in [-0.1, -0.05) is 19.9 Å². The minimum absolute atomic E-state index is 0.0225. The third-order valence-corrected chi connectivity index (χ3v) is 5.39. The number of methoxy groups -OCH3 is 2. The minimum atomic E-state index is -0.400. The predicted octanol–water partition coefficient (Wildman–Crippen LogP) is 1.86. The molecular weight excluding hydrogens is 398 g/mol. The first-order chi connectivity index (χ1) is 14.9. The molecule has 2 rings (SSSR count). The zero-order valence-electron chi connectivity index (χ0n) is 19.1. The van der Waals surface area contributed by atoms with Gasteiger partial charge in [-0.15, -0.1) is 0 Å². The molecule has 0 aliphatic carbocycles. The smallest absolute Gasteiger partial charge is 0.239 e. The maximum Gasteiger partial charge on any atom is 0.239 e. The van der Waals surface area contributed by atoms with Crippen molar-refractivity contribution >= 4 is 17.7 Å². The number of benzene rings is 1. The number of rotatable bonds is 12. The van der Waals surface area contributed by atoms with Gasteiger partial charge in [0, 0.05) is 32.6 Å². The lowest BCUT2D eigenvalue weighted by atomic mass is 10.1. The van der Waals surface area contributed by atoms with Crippen LogP contribution in [0.1, 0.15) is 38.7 Å². The van der Waals surface area contributed by atoms with E-state index in [9.17, 15) is 14.4 Å². The Hall–Kier alpha value is -2.77. The molecule has 172 valence electrons. The van der Waals surface area contributed by atoms with E-state index in [0.717, 1.165) is 18.4 Å². The van der Waals surface area contributed by atoms with E-state index in [1.54, 1.807) is 24.0 Å². The molecule has 1 aromatic rings. The average molecular weight is 434 g/mol. The molecule has 1 saturated heterocycles. The summed E-state index contributed by atoms with van der Waals surface area (Å²) in [4.78, 5) is 40.9. The average Bonchev–Trinajstić information content (AvgIpc) is 3.15. The van der Waals surface area contributed by atoms with Crippen LogP contribution in [-0.2, 0) is 20.8 Å². The van der Waals surface area contributed by atoms with E-state index in [1.165, 1.54) is 0 Å². The van der Waals surface area contributed by atoms with Gasteiger partial charge in [-0.3, -0.25) is 14.4 Å². The molecule has 1 heterocycles. The summed E-state index contributed by atoms with van der Waals surface area (Å²) in [5.74, 6) is 0.619. The molecule has 0 bridgehead atoms. The lowest BCUT2D eigenvalue weighted by Crippen LogP contribution is -2.44. The summed E-state index contributed by atoms with van der Waals surface area (Å²) in [5.41, 5.74) is 1.03. The van der Waals surface area contributed by atoms with Crippen molar-refractivity contribution in [2.45, 2.75) is 39.5 Å². The minimum Gasteiger partial charge on any atom is -0.493 e. The van der Waals surface area contributed by atoms with Gasteiger partial charge in [0.05, 0.1) is 26.7 Å². The number of likely N-dealkylation sites (tertiary alicyclic amines) is 1. The number of hydrogen-bond donors (Lipinski definition) is 1. The molecule has 1 aliphatic heterocycles. The fourth-order valence-electron chi connectivity index (χ4n) is 3.74. The largest absolute Gasteiger partial charge is 0.493 e. The molecule has 0 spiro atoms. The summed E-state index contributed by atoms with van der Waals surface area (Å²) >= 11 is 0. The maximum absolute atomic E-state index is 13.0. The zero-order valence-corrected chi connectivity index (χ0v) is 19.1. The number of ether oxygens (including phenoxy) is 2. The first kappa shape index (κ1) is 24.5. The highest BCUT2D eigenvalue weighted by Gasteiger charge is 2.36. The Morgan fingerprint density at radius 1 is 1.16 bits per heavy atom. The Kier molecular flexibility index (Phi) is 9.62. The molecule has 1 aromatic carbocycles. The van der Waals surface area contributed by atoms with Gasteiger partial charge in [0.2, 0.25) is 17.7 Å². The number of carbonyl (C=O) groups is 3. The number of nitrogens with one attached hydrogen (secondary N) is 1. The molecule has 3 amide bonds. The molecule has 1 atom stereocenters. The topological polar surface area (TPSA) is 88.2 Å². The first-order valence-corrected chi connectivity index (χ1v) is 11.0. The first-order valence-electron chi connectivity index (χ1n) is 11.0. The number of carbonyl (C=O) groups excluding carboxylic acids is 3. The van der Waals surface area contributed by atoms with Gasteiger partial charge in [-0.25, -0.2) is 0 Å². The van der Waals surface area contributed by atoms with Crippen molar-refractivity contribution in [3.05, 3.63) is 23.8 Å². The Bertz CT molecular complexity index is 768. The molecular formula is C23H35N3O5. The van der Waals surface area contributed by atoms with Crippen LogP contribution in [0.3, 0.4) is 0 Å². The van der Waals surface area contributed by atoms with Crippen LogP contribution < -0.4 is 14.8 Å². The Morgan fingerprint density at radius 3 is 2.55 bits per heavy atom. The Balaban J connectivity index is 1.95. The fourth-order valence-corrected chi connectivity index (χ4v) is 3.74. The van der Waals surface area contributed by atoms with E-state index >= 15 is 0 Å². The van der Waals surface area contributed by atoms with Crippen LogP contribution in [0.15, 0.2) is 18.2 Å². The zero-order chi connectivity index (χ0) is 22.8. The second kappa shape index (κ2) is 12.2. The van der Waals surface area contributed by atoms with E-state index in [4.69, 9.17) is 9.47 Å². The summed E-state index contributed by atoms with van der Waals surface area (Å²) in [6.45, 7) is 6.02. The van der Waals surface area contributed by atoms with Crippen molar-refractivity contribution in [3.63, 3.8) is 0 Å². The highest BCUT2D eigenvalue weighted by atomic mass is 16.5. The molecule has 31 heavy (non-hydrogen) atoms. The van der Waals surface area contributed by atoms with E-state index in [1.807, 2.05) is 32.0 Å². The van der Waals surface area contributed by atoms with Crippen molar-refractivity contribution < 1.29 is 23.9 Å². The van der Waals surface area contributed by atoms with Gasteiger partial charge in [-0.05, 0) is 37.0 Å². The molecule has 1 aliphatic rings. The molecule has 0 radical (unpaired) electrons. The van der Waals surface area contributed by atoms with E-state index in [0.29, 0.717) is 44.1 Å². The van der Waals surface area contributed by atoms with Crippen molar-refractivity contribution in [3.8, 4) is 11.5 Å². The molecule has 8 nitrogen and oxygen atoms in total. The van der Waals surface area contributed by atoms with Crippen molar-refractivity contribution in [2.75, 3.05) is 46.9 Å².